The summed E-state index contributed by atoms with van der Waals surface area (Å²) in [5, 5.41) is 31.4. The van der Waals surface area contributed by atoms with Crippen LogP contribution in [-0.4, -0.2) is 44.4 Å². The van der Waals surface area contributed by atoms with Gasteiger partial charge in [0.2, 0.25) is 0 Å². The fourth-order valence-electron chi connectivity index (χ4n) is 7.73. The Morgan fingerprint density at radius 3 is 2.20 bits per heavy atom. The second-order valence-electron chi connectivity index (χ2n) is 15.3. The van der Waals surface area contributed by atoms with Gasteiger partial charge >= 0.3 is 0 Å². The van der Waals surface area contributed by atoms with E-state index in [-0.39, 0.29) is 53.8 Å². The number of fused-ring (bicyclic) bond motifs is 1. The molecule has 244 valence electrons. The van der Waals surface area contributed by atoms with Gasteiger partial charge in [-0.1, -0.05) is 49.3 Å². The highest BCUT2D eigenvalue weighted by atomic mass is 16.5. The molecule has 2 aliphatic carbocycles. The molecule has 1 heterocycles. The number of Topliss-reactive ketones (excluding diaryl/α,β-unsaturated/α-hetero) is 3. The Morgan fingerprint density at radius 2 is 1.67 bits per heavy atom. The van der Waals surface area contributed by atoms with Crippen LogP contribution < -0.4 is 0 Å². The van der Waals surface area contributed by atoms with Crippen molar-refractivity contribution in [1.82, 2.24) is 0 Å². The third-order valence-corrected chi connectivity index (χ3v) is 10.7. The molecule has 1 spiro atoms. The average molecular weight is 619 g/mol. The van der Waals surface area contributed by atoms with Crippen LogP contribution in [0, 0.1) is 28.1 Å². The van der Waals surface area contributed by atoms with E-state index in [2.05, 4.69) is 18.7 Å². The second-order valence-corrected chi connectivity index (χ2v) is 15.3. The molecule has 0 radical (unpaired) electrons. The summed E-state index contributed by atoms with van der Waals surface area (Å²) in [6.07, 6.45) is 5.22. The van der Waals surface area contributed by atoms with Gasteiger partial charge in [-0.2, -0.15) is 0 Å². The van der Waals surface area contributed by atoms with E-state index in [0.717, 1.165) is 22.8 Å². The zero-order chi connectivity index (χ0) is 33.9. The molecule has 7 nitrogen and oxygen atoms in total. The Kier molecular flexibility index (Phi) is 8.97. The van der Waals surface area contributed by atoms with E-state index in [4.69, 9.17) is 4.74 Å². The second kappa shape index (κ2) is 11.7. The van der Waals surface area contributed by atoms with Crippen molar-refractivity contribution < 1.29 is 34.4 Å². The van der Waals surface area contributed by atoms with Crippen molar-refractivity contribution in [2.45, 2.75) is 106 Å². The highest BCUT2D eigenvalue weighted by molar-refractivity contribution is 6.35. The number of allylic oxidation sites excluding steroid dienone is 7. The summed E-state index contributed by atoms with van der Waals surface area (Å²) in [5.74, 6) is -2.68. The Hall–Kier alpha value is -3.45. The number of carbonyl (C=O) groups is 3. The summed E-state index contributed by atoms with van der Waals surface area (Å²) < 4.78 is 6.46. The molecule has 1 saturated carbocycles. The van der Waals surface area contributed by atoms with Crippen molar-refractivity contribution in [2.24, 2.45) is 28.1 Å². The number of hydrogen-bond donors (Lipinski definition) is 3. The summed E-state index contributed by atoms with van der Waals surface area (Å²) in [6, 6.07) is 3.67. The largest absolute Gasteiger partial charge is 0.504 e. The smallest absolute Gasteiger partial charge is 0.200 e. The highest BCUT2D eigenvalue weighted by Crippen LogP contribution is 2.70. The van der Waals surface area contributed by atoms with Crippen LogP contribution >= 0.6 is 0 Å². The van der Waals surface area contributed by atoms with E-state index in [9.17, 15) is 20.1 Å². The first-order chi connectivity index (χ1) is 20.7. The predicted molar refractivity (Wildman–Crippen MR) is 175 cm³/mol. The lowest BCUT2D eigenvalue weighted by molar-refractivity contribution is -0.167. The standard InChI is InChI=1S/C38H50O7/c1-21(2)11-13-25(23(5)6)18-37-19-26(15-12-22(3)4)35(7,8)38(34(37)43)20-29(36(9,10)44)45-33(38)30(32(37)42)31(41)24-14-16-27(39)28(40)17-24/h11-12,14,16-17,25-26,29,39-40,44H,5,13,15,18-20H2,1-4,6-10H3/t25?,26-,29-,37+,38-/m0/s1. The number of rotatable bonds is 10. The maximum atomic E-state index is 15.4. The van der Waals surface area contributed by atoms with E-state index in [1.165, 1.54) is 12.1 Å². The predicted octanol–water partition coefficient (Wildman–Crippen LogP) is 7.56. The zero-order valence-electron chi connectivity index (χ0n) is 28.3. The Bertz CT molecular complexity index is 1520. The van der Waals surface area contributed by atoms with Gasteiger partial charge < -0.3 is 20.1 Å². The summed E-state index contributed by atoms with van der Waals surface area (Å²) >= 11 is 0. The highest BCUT2D eigenvalue weighted by Gasteiger charge is 2.76. The van der Waals surface area contributed by atoms with Crippen molar-refractivity contribution in [2.75, 3.05) is 0 Å². The van der Waals surface area contributed by atoms with Gasteiger partial charge in [-0.25, -0.2) is 0 Å². The van der Waals surface area contributed by atoms with Crippen LogP contribution in [0.4, 0.5) is 0 Å². The number of aliphatic hydroxyl groups is 1. The van der Waals surface area contributed by atoms with Crippen LogP contribution in [-0.2, 0) is 14.3 Å². The molecule has 45 heavy (non-hydrogen) atoms. The number of phenols is 2. The minimum atomic E-state index is -1.53. The fourth-order valence-corrected chi connectivity index (χ4v) is 7.73. The van der Waals surface area contributed by atoms with Gasteiger partial charge in [0.15, 0.2) is 28.8 Å². The third-order valence-electron chi connectivity index (χ3n) is 10.7. The minimum Gasteiger partial charge on any atom is -0.504 e. The maximum Gasteiger partial charge on any atom is 0.200 e. The molecule has 1 aromatic rings. The van der Waals surface area contributed by atoms with Crippen molar-refractivity contribution in [1.29, 1.82) is 0 Å². The molecule has 2 fully saturated rings. The molecule has 1 aromatic carbocycles. The van der Waals surface area contributed by atoms with Crippen LogP contribution in [0.5, 0.6) is 11.5 Å². The quantitative estimate of drug-likeness (QED) is 0.0813. The minimum absolute atomic E-state index is 0.00549. The Morgan fingerprint density at radius 1 is 1.04 bits per heavy atom. The number of phenolic OH excluding ortho intramolecular Hbond substituents is 2. The molecule has 1 saturated heterocycles. The van der Waals surface area contributed by atoms with Crippen LogP contribution in [0.1, 0.15) is 105 Å². The van der Waals surface area contributed by atoms with Crippen LogP contribution in [0.15, 0.2) is 65.0 Å². The first kappa shape index (κ1) is 34.4. The fraction of sp³-hybridized carbons (Fsp3) is 0.553. The molecule has 0 aromatic heterocycles. The maximum absolute atomic E-state index is 15.4. The van der Waals surface area contributed by atoms with E-state index in [1.54, 1.807) is 13.8 Å². The molecule has 3 aliphatic rings. The third kappa shape index (κ3) is 5.62. The summed E-state index contributed by atoms with van der Waals surface area (Å²) in [6.45, 7) is 21.5. The number of benzene rings is 1. The van der Waals surface area contributed by atoms with Crippen molar-refractivity contribution in [3.8, 4) is 11.5 Å². The van der Waals surface area contributed by atoms with Gasteiger partial charge in [-0.05, 0) is 110 Å². The first-order valence-electron chi connectivity index (χ1n) is 15.9. The van der Waals surface area contributed by atoms with Gasteiger partial charge in [-0.3, -0.25) is 14.4 Å². The molecule has 2 bridgehead atoms. The molecule has 1 unspecified atom stereocenters. The van der Waals surface area contributed by atoms with E-state index < -0.39 is 51.0 Å². The topological polar surface area (TPSA) is 121 Å². The Labute approximate surface area is 267 Å². The molecular weight excluding hydrogens is 568 g/mol. The SMILES string of the molecule is C=C(C)C(CC=C(C)C)C[C@@]12C[C@H](CC=C(C)C)C(C)(C)[C@]3(C[C@@H](C(C)(C)O)OC3=C(C(=O)c3ccc(O)c(O)c3)C1=O)C2=O. The van der Waals surface area contributed by atoms with Crippen LogP contribution in [0.25, 0.3) is 0 Å². The average Bonchev–Trinajstić information content (AvgIpc) is 3.34. The number of ether oxygens (including phenoxy) is 1. The van der Waals surface area contributed by atoms with Crippen LogP contribution in [0.3, 0.4) is 0 Å². The normalized spacial score (nSPS) is 27.8. The summed E-state index contributed by atoms with van der Waals surface area (Å²) in [5.41, 5.74) is -2.12. The van der Waals surface area contributed by atoms with Crippen LogP contribution in [0.2, 0.25) is 0 Å². The van der Waals surface area contributed by atoms with Gasteiger partial charge in [0.05, 0.1) is 16.4 Å². The summed E-state index contributed by atoms with van der Waals surface area (Å²) in [4.78, 5) is 44.9. The molecule has 4 rings (SSSR count). The molecule has 0 amide bonds. The van der Waals surface area contributed by atoms with Crippen molar-refractivity contribution >= 4 is 17.3 Å². The first-order valence-corrected chi connectivity index (χ1v) is 15.9. The van der Waals surface area contributed by atoms with E-state index in [1.807, 2.05) is 48.5 Å². The molecule has 1 aliphatic heterocycles. The van der Waals surface area contributed by atoms with Crippen molar-refractivity contribution in [3.63, 3.8) is 0 Å². The summed E-state index contributed by atoms with van der Waals surface area (Å²) in [7, 11) is 0. The number of carbonyl (C=O) groups excluding carboxylic acids is 3. The molecule has 5 atom stereocenters. The number of aromatic hydroxyl groups is 2. The van der Waals surface area contributed by atoms with Gasteiger partial charge in [0.25, 0.3) is 0 Å². The molecular formula is C38H50O7. The lowest BCUT2D eigenvalue weighted by atomic mass is 9.40. The lowest BCUT2D eigenvalue weighted by Crippen LogP contribution is -2.66. The lowest BCUT2D eigenvalue weighted by Gasteiger charge is -2.59. The van der Waals surface area contributed by atoms with Gasteiger partial charge in [0, 0.05) is 12.0 Å². The zero-order valence-corrected chi connectivity index (χ0v) is 28.3. The number of hydrogen-bond acceptors (Lipinski definition) is 7. The van der Waals surface area contributed by atoms with E-state index in [0.29, 0.717) is 12.8 Å². The van der Waals surface area contributed by atoms with Gasteiger partial charge in [-0.15, -0.1) is 0 Å². The monoisotopic (exact) mass is 618 g/mol. The number of ketones is 3. The van der Waals surface area contributed by atoms with E-state index >= 15 is 9.59 Å². The Balaban J connectivity index is 2.07. The molecule has 3 N–H and O–H groups in total. The van der Waals surface area contributed by atoms with Crippen molar-refractivity contribution in [3.05, 3.63) is 70.5 Å². The van der Waals surface area contributed by atoms with Gasteiger partial charge in [0.1, 0.15) is 17.4 Å². The molecule has 7 heteroatoms.